The lowest BCUT2D eigenvalue weighted by Gasteiger charge is -2.33. The topological polar surface area (TPSA) is 71.4 Å². The summed E-state index contributed by atoms with van der Waals surface area (Å²) in [5.74, 6) is 0.822. The second-order valence-corrected chi connectivity index (χ2v) is 3.93. The molecular formula is C10H17N5. The summed E-state index contributed by atoms with van der Waals surface area (Å²) in [7, 11) is 2.12. The normalized spacial score (nSPS) is 18.1. The van der Waals surface area contributed by atoms with E-state index in [1.165, 1.54) is 0 Å². The van der Waals surface area contributed by atoms with Crippen LogP contribution in [0.4, 0.5) is 17.2 Å². The quantitative estimate of drug-likeness (QED) is 0.678. The van der Waals surface area contributed by atoms with Gasteiger partial charge >= 0.3 is 0 Å². The molecule has 0 atom stereocenters. The molecule has 1 aliphatic heterocycles. The van der Waals surface area contributed by atoms with Crippen LogP contribution in [0.2, 0.25) is 0 Å². The molecule has 5 nitrogen and oxygen atoms in total. The van der Waals surface area contributed by atoms with Gasteiger partial charge in [0.1, 0.15) is 0 Å². The molecule has 1 aliphatic rings. The number of nitrogens with two attached hydrogens (primary N) is 2. The van der Waals surface area contributed by atoms with Crippen LogP contribution in [0.5, 0.6) is 0 Å². The highest BCUT2D eigenvalue weighted by Gasteiger charge is 2.17. The second-order valence-electron chi connectivity index (χ2n) is 3.93. The van der Waals surface area contributed by atoms with Crippen molar-refractivity contribution in [3.8, 4) is 0 Å². The van der Waals surface area contributed by atoms with E-state index >= 15 is 0 Å². The lowest BCUT2D eigenvalue weighted by Crippen LogP contribution is -2.45. The fourth-order valence-corrected chi connectivity index (χ4v) is 1.75. The number of rotatable bonds is 1. The Kier molecular flexibility index (Phi) is 2.64. The average molecular weight is 207 g/mol. The Hall–Kier alpha value is -1.49. The highest BCUT2D eigenvalue weighted by atomic mass is 15.3. The van der Waals surface area contributed by atoms with Crippen molar-refractivity contribution in [1.82, 2.24) is 9.88 Å². The number of piperazine rings is 1. The maximum atomic E-state index is 5.91. The van der Waals surface area contributed by atoms with Crippen molar-refractivity contribution in [3.63, 3.8) is 0 Å². The zero-order valence-corrected chi connectivity index (χ0v) is 8.98. The van der Waals surface area contributed by atoms with Crippen LogP contribution in [0.25, 0.3) is 0 Å². The van der Waals surface area contributed by atoms with Gasteiger partial charge in [-0.2, -0.15) is 0 Å². The molecule has 82 valence electrons. The smallest absolute Gasteiger partial charge is 0.153 e. The predicted octanol–water partition coefficient (Wildman–Crippen LogP) is -0.00220. The maximum Gasteiger partial charge on any atom is 0.153 e. The van der Waals surface area contributed by atoms with Crippen molar-refractivity contribution in [3.05, 3.63) is 12.3 Å². The van der Waals surface area contributed by atoms with Gasteiger partial charge < -0.3 is 21.3 Å². The minimum atomic E-state index is 0.599. The van der Waals surface area contributed by atoms with E-state index in [2.05, 4.69) is 21.8 Å². The molecule has 1 fully saturated rings. The Morgan fingerprint density at radius 1 is 1.20 bits per heavy atom. The van der Waals surface area contributed by atoms with Crippen LogP contribution in [0.1, 0.15) is 0 Å². The van der Waals surface area contributed by atoms with E-state index in [1.807, 2.05) is 0 Å². The average Bonchev–Trinajstić information content (AvgIpc) is 2.24. The summed E-state index contributed by atoms with van der Waals surface area (Å²) in [6.45, 7) is 3.99. The molecule has 0 spiro atoms. The van der Waals surface area contributed by atoms with Crippen molar-refractivity contribution < 1.29 is 0 Å². The maximum absolute atomic E-state index is 5.91. The summed E-state index contributed by atoms with van der Waals surface area (Å²) in [6.07, 6.45) is 1.71. The third-order valence-corrected chi connectivity index (χ3v) is 2.81. The van der Waals surface area contributed by atoms with Gasteiger partial charge in [0.2, 0.25) is 0 Å². The van der Waals surface area contributed by atoms with Crippen LogP contribution in [0.15, 0.2) is 12.3 Å². The number of anilines is 3. The van der Waals surface area contributed by atoms with Crippen LogP contribution < -0.4 is 16.4 Å². The molecule has 0 aliphatic carbocycles. The molecule has 1 saturated heterocycles. The highest BCUT2D eigenvalue weighted by molar-refractivity contribution is 5.76. The first-order valence-electron chi connectivity index (χ1n) is 5.12. The van der Waals surface area contributed by atoms with Crippen LogP contribution in [0.3, 0.4) is 0 Å². The van der Waals surface area contributed by atoms with Gasteiger partial charge in [-0.3, -0.25) is 0 Å². The van der Waals surface area contributed by atoms with Gasteiger partial charge in [-0.1, -0.05) is 0 Å². The molecule has 0 saturated carbocycles. The van der Waals surface area contributed by atoms with E-state index in [1.54, 1.807) is 12.3 Å². The molecule has 0 unspecified atom stereocenters. The number of nitrogens with zero attached hydrogens (tertiary/aromatic N) is 3. The summed E-state index contributed by atoms with van der Waals surface area (Å²) in [6, 6.07) is 1.73. The fraction of sp³-hybridized carbons (Fsp3) is 0.500. The van der Waals surface area contributed by atoms with Crippen molar-refractivity contribution >= 4 is 17.2 Å². The van der Waals surface area contributed by atoms with E-state index in [9.17, 15) is 0 Å². The minimum Gasteiger partial charge on any atom is -0.397 e. The lowest BCUT2D eigenvalue weighted by molar-refractivity contribution is 0.312. The van der Waals surface area contributed by atoms with Crippen molar-refractivity contribution in [2.75, 3.05) is 49.6 Å². The molecule has 2 heterocycles. The zero-order chi connectivity index (χ0) is 10.8. The van der Waals surface area contributed by atoms with Gasteiger partial charge in [-0.25, -0.2) is 4.98 Å². The number of hydrogen-bond acceptors (Lipinski definition) is 5. The standard InChI is InChI=1S/C10H17N5/c1-14-4-6-15(7-5-14)10-9(12)8(11)2-3-13-10/h2-3H,4-7,12H2,1H3,(H2,11,13). The molecule has 4 N–H and O–H groups in total. The summed E-state index contributed by atoms with van der Waals surface area (Å²) < 4.78 is 0. The first kappa shape index (κ1) is 10.0. The Labute approximate surface area is 89.7 Å². The fourth-order valence-electron chi connectivity index (χ4n) is 1.75. The van der Waals surface area contributed by atoms with Gasteiger partial charge in [0.05, 0.1) is 11.4 Å². The van der Waals surface area contributed by atoms with E-state index in [0.717, 1.165) is 32.0 Å². The number of nitrogen functional groups attached to an aromatic ring is 2. The molecule has 0 bridgehead atoms. The van der Waals surface area contributed by atoms with Crippen molar-refractivity contribution in [2.45, 2.75) is 0 Å². The third kappa shape index (κ3) is 1.97. The van der Waals surface area contributed by atoms with Gasteiger partial charge in [-0.05, 0) is 13.1 Å². The summed E-state index contributed by atoms with van der Waals surface area (Å²) >= 11 is 0. The van der Waals surface area contributed by atoms with Gasteiger partial charge in [0.25, 0.3) is 0 Å². The van der Waals surface area contributed by atoms with Gasteiger partial charge in [-0.15, -0.1) is 0 Å². The molecule has 5 heteroatoms. The molecule has 0 radical (unpaired) electrons. The van der Waals surface area contributed by atoms with E-state index < -0.39 is 0 Å². The van der Waals surface area contributed by atoms with Crippen LogP contribution in [-0.4, -0.2) is 43.1 Å². The molecular weight excluding hydrogens is 190 g/mol. The molecule has 15 heavy (non-hydrogen) atoms. The summed E-state index contributed by atoms with van der Waals surface area (Å²) in [4.78, 5) is 8.77. The number of hydrogen-bond donors (Lipinski definition) is 2. The Bertz CT molecular complexity index is 344. The molecule has 0 amide bonds. The van der Waals surface area contributed by atoms with Gasteiger partial charge in [0.15, 0.2) is 5.82 Å². The first-order valence-corrected chi connectivity index (χ1v) is 5.12. The Balaban J connectivity index is 2.19. The largest absolute Gasteiger partial charge is 0.397 e. The van der Waals surface area contributed by atoms with Gasteiger partial charge in [0, 0.05) is 32.4 Å². The Morgan fingerprint density at radius 2 is 1.87 bits per heavy atom. The van der Waals surface area contributed by atoms with Crippen molar-refractivity contribution in [1.29, 1.82) is 0 Å². The van der Waals surface area contributed by atoms with E-state index in [0.29, 0.717) is 11.4 Å². The van der Waals surface area contributed by atoms with Crippen LogP contribution in [-0.2, 0) is 0 Å². The molecule has 1 aromatic heterocycles. The van der Waals surface area contributed by atoms with Crippen LogP contribution >= 0.6 is 0 Å². The zero-order valence-electron chi connectivity index (χ0n) is 8.98. The monoisotopic (exact) mass is 207 g/mol. The van der Waals surface area contributed by atoms with E-state index in [-0.39, 0.29) is 0 Å². The number of pyridine rings is 1. The predicted molar refractivity (Wildman–Crippen MR) is 62.8 cm³/mol. The van der Waals surface area contributed by atoms with Crippen LogP contribution in [0, 0.1) is 0 Å². The number of likely N-dealkylation sites (N-methyl/N-ethyl adjacent to an activating group) is 1. The SMILES string of the molecule is CN1CCN(c2nccc(N)c2N)CC1. The summed E-state index contributed by atoms with van der Waals surface area (Å²) in [5.41, 5.74) is 12.9. The Morgan fingerprint density at radius 3 is 2.53 bits per heavy atom. The minimum absolute atomic E-state index is 0.599. The van der Waals surface area contributed by atoms with E-state index in [4.69, 9.17) is 11.5 Å². The molecule has 1 aromatic rings. The summed E-state index contributed by atoms with van der Waals surface area (Å²) in [5, 5.41) is 0. The highest BCUT2D eigenvalue weighted by Crippen LogP contribution is 2.25. The second kappa shape index (κ2) is 3.94. The lowest BCUT2D eigenvalue weighted by atomic mass is 10.2. The molecule has 2 rings (SSSR count). The molecule has 0 aromatic carbocycles. The number of aromatic nitrogens is 1. The first-order chi connectivity index (χ1) is 7.18. The third-order valence-electron chi connectivity index (χ3n) is 2.81. The van der Waals surface area contributed by atoms with Crippen molar-refractivity contribution in [2.24, 2.45) is 0 Å².